The highest BCUT2D eigenvalue weighted by molar-refractivity contribution is 7.92. The lowest BCUT2D eigenvalue weighted by molar-refractivity contribution is 0.0526. The van der Waals surface area contributed by atoms with Crippen LogP contribution < -0.4 is 9.04 Å². The van der Waals surface area contributed by atoms with E-state index in [4.69, 9.17) is 21.1 Å². The molecule has 0 N–H and O–H groups in total. The predicted octanol–water partition coefficient (Wildman–Crippen LogP) is 4.30. The summed E-state index contributed by atoms with van der Waals surface area (Å²) < 4.78 is 37.8. The number of hydrogen-bond donors (Lipinski definition) is 0. The van der Waals surface area contributed by atoms with Gasteiger partial charge in [0.2, 0.25) is 0 Å². The average molecular weight is 424 g/mol. The standard InChI is InChI=1S/C20H22ClNO5S/c1-4-13-22(15-7-12-19(21)18(14-15)20(23)27-6-3)28(24,25)17-10-8-16(9-11-17)26-5-2/h4,7-12,14H,1,5-6,13H2,2-3H3. The van der Waals surface area contributed by atoms with Crippen molar-refractivity contribution in [2.75, 3.05) is 24.1 Å². The normalized spacial score (nSPS) is 11.0. The fourth-order valence-corrected chi connectivity index (χ4v) is 4.12. The van der Waals surface area contributed by atoms with E-state index in [0.717, 1.165) is 4.31 Å². The number of sulfonamides is 1. The van der Waals surface area contributed by atoms with Crippen molar-refractivity contribution in [3.05, 3.63) is 65.7 Å². The van der Waals surface area contributed by atoms with E-state index < -0.39 is 16.0 Å². The van der Waals surface area contributed by atoms with Crippen molar-refractivity contribution >= 4 is 33.3 Å². The van der Waals surface area contributed by atoms with Crippen molar-refractivity contribution in [2.45, 2.75) is 18.7 Å². The number of benzene rings is 2. The molecule has 28 heavy (non-hydrogen) atoms. The van der Waals surface area contributed by atoms with Crippen LogP contribution in [0.5, 0.6) is 5.75 Å². The molecule has 0 saturated heterocycles. The van der Waals surface area contributed by atoms with E-state index in [9.17, 15) is 13.2 Å². The quantitative estimate of drug-likeness (QED) is 0.444. The monoisotopic (exact) mass is 423 g/mol. The second-order valence-electron chi connectivity index (χ2n) is 5.61. The Morgan fingerprint density at radius 3 is 2.39 bits per heavy atom. The third kappa shape index (κ3) is 4.85. The molecule has 0 unspecified atom stereocenters. The third-order valence-electron chi connectivity index (χ3n) is 3.75. The van der Waals surface area contributed by atoms with Crippen molar-refractivity contribution in [3.8, 4) is 5.75 Å². The molecule has 150 valence electrons. The van der Waals surface area contributed by atoms with E-state index in [0.29, 0.717) is 12.4 Å². The Labute approximate surface area is 170 Å². The average Bonchev–Trinajstić information content (AvgIpc) is 2.67. The highest BCUT2D eigenvalue weighted by atomic mass is 35.5. The molecule has 0 fully saturated rings. The van der Waals surface area contributed by atoms with Crippen LogP contribution in [0.1, 0.15) is 24.2 Å². The van der Waals surface area contributed by atoms with Crippen molar-refractivity contribution in [3.63, 3.8) is 0 Å². The van der Waals surface area contributed by atoms with Crippen molar-refractivity contribution < 1.29 is 22.7 Å². The number of carbonyl (C=O) groups is 1. The molecule has 0 heterocycles. The molecule has 8 heteroatoms. The molecule has 2 rings (SSSR count). The largest absolute Gasteiger partial charge is 0.494 e. The van der Waals surface area contributed by atoms with Crippen LogP contribution in [-0.4, -0.2) is 34.1 Å². The molecule has 0 aliphatic heterocycles. The summed E-state index contributed by atoms with van der Waals surface area (Å²) in [5.74, 6) is -0.0424. The van der Waals surface area contributed by atoms with Gasteiger partial charge in [0.05, 0.1) is 40.9 Å². The molecule has 0 radical (unpaired) electrons. The van der Waals surface area contributed by atoms with E-state index in [1.165, 1.54) is 36.4 Å². The van der Waals surface area contributed by atoms with Gasteiger partial charge in [-0.2, -0.15) is 0 Å². The van der Waals surface area contributed by atoms with Crippen LogP contribution in [0, 0.1) is 0 Å². The molecule has 2 aromatic carbocycles. The minimum atomic E-state index is -3.90. The molecule has 0 saturated carbocycles. The number of nitrogens with zero attached hydrogens (tertiary/aromatic N) is 1. The second-order valence-corrected chi connectivity index (χ2v) is 7.88. The zero-order valence-electron chi connectivity index (χ0n) is 15.7. The van der Waals surface area contributed by atoms with E-state index in [1.807, 2.05) is 6.92 Å². The summed E-state index contributed by atoms with van der Waals surface area (Å²) in [6.07, 6.45) is 1.46. The lowest BCUT2D eigenvalue weighted by Crippen LogP contribution is -2.31. The summed E-state index contributed by atoms with van der Waals surface area (Å²) in [6.45, 7) is 7.83. The number of halogens is 1. The van der Waals surface area contributed by atoms with Gasteiger partial charge in [0.1, 0.15) is 5.75 Å². The molecule has 6 nitrogen and oxygen atoms in total. The zero-order chi connectivity index (χ0) is 20.7. The van der Waals surface area contributed by atoms with E-state index in [2.05, 4.69) is 6.58 Å². The molecule has 0 aliphatic rings. The van der Waals surface area contributed by atoms with Gasteiger partial charge in [-0.3, -0.25) is 4.31 Å². The highest BCUT2D eigenvalue weighted by Crippen LogP contribution is 2.29. The van der Waals surface area contributed by atoms with Gasteiger partial charge in [0.15, 0.2) is 0 Å². The van der Waals surface area contributed by atoms with Crippen LogP contribution in [0.4, 0.5) is 5.69 Å². The van der Waals surface area contributed by atoms with Crippen LogP contribution in [0.15, 0.2) is 60.0 Å². The molecule has 0 atom stereocenters. The summed E-state index contributed by atoms with van der Waals surface area (Å²) in [4.78, 5) is 12.2. The van der Waals surface area contributed by atoms with Crippen LogP contribution in [0.3, 0.4) is 0 Å². The topological polar surface area (TPSA) is 72.9 Å². The minimum Gasteiger partial charge on any atom is -0.494 e. The van der Waals surface area contributed by atoms with Crippen molar-refractivity contribution in [1.29, 1.82) is 0 Å². The fraction of sp³-hybridized carbons (Fsp3) is 0.250. The SMILES string of the molecule is C=CCN(c1ccc(Cl)c(C(=O)OCC)c1)S(=O)(=O)c1ccc(OCC)cc1. The Balaban J connectivity index is 2.47. The van der Waals surface area contributed by atoms with Crippen molar-refractivity contribution in [1.82, 2.24) is 0 Å². The summed E-state index contributed by atoms with van der Waals surface area (Å²) in [7, 11) is -3.90. The van der Waals surface area contributed by atoms with Gasteiger partial charge in [0, 0.05) is 0 Å². The van der Waals surface area contributed by atoms with Crippen LogP contribution in [0.25, 0.3) is 0 Å². The summed E-state index contributed by atoms with van der Waals surface area (Å²) in [5.41, 5.74) is 0.373. The van der Waals surface area contributed by atoms with Gasteiger partial charge in [0.25, 0.3) is 10.0 Å². The Morgan fingerprint density at radius 1 is 1.14 bits per heavy atom. The van der Waals surface area contributed by atoms with Crippen LogP contribution >= 0.6 is 11.6 Å². The first-order valence-corrected chi connectivity index (χ1v) is 10.5. The van der Waals surface area contributed by atoms with Gasteiger partial charge < -0.3 is 9.47 Å². The van der Waals surface area contributed by atoms with Crippen LogP contribution in [-0.2, 0) is 14.8 Å². The van der Waals surface area contributed by atoms with Gasteiger partial charge >= 0.3 is 5.97 Å². The molecule has 0 bridgehead atoms. The number of esters is 1. The maximum absolute atomic E-state index is 13.2. The van der Waals surface area contributed by atoms with Gasteiger partial charge in [-0.25, -0.2) is 13.2 Å². The maximum Gasteiger partial charge on any atom is 0.339 e. The molecule has 0 aliphatic carbocycles. The van der Waals surface area contributed by atoms with Crippen molar-refractivity contribution in [2.24, 2.45) is 0 Å². The smallest absolute Gasteiger partial charge is 0.339 e. The lowest BCUT2D eigenvalue weighted by atomic mass is 10.2. The van der Waals surface area contributed by atoms with E-state index in [-0.39, 0.29) is 34.3 Å². The summed E-state index contributed by atoms with van der Waals surface area (Å²) >= 11 is 6.08. The number of hydrogen-bond acceptors (Lipinski definition) is 5. The number of rotatable bonds is 9. The van der Waals surface area contributed by atoms with E-state index in [1.54, 1.807) is 19.1 Å². The fourth-order valence-electron chi connectivity index (χ4n) is 2.49. The van der Waals surface area contributed by atoms with Gasteiger partial charge in [-0.1, -0.05) is 17.7 Å². The lowest BCUT2D eigenvalue weighted by Gasteiger charge is -2.24. The number of carbonyl (C=O) groups excluding carboxylic acids is 1. The van der Waals surface area contributed by atoms with Gasteiger partial charge in [-0.05, 0) is 56.3 Å². The maximum atomic E-state index is 13.2. The predicted molar refractivity (Wildman–Crippen MR) is 110 cm³/mol. The Kier molecular flexibility index (Phi) is 7.48. The van der Waals surface area contributed by atoms with Crippen LogP contribution in [0.2, 0.25) is 5.02 Å². The highest BCUT2D eigenvalue weighted by Gasteiger charge is 2.25. The number of anilines is 1. The molecule has 0 spiro atoms. The summed E-state index contributed by atoms with van der Waals surface area (Å²) in [5, 5.41) is 0.180. The third-order valence-corrected chi connectivity index (χ3v) is 5.89. The molecule has 0 aromatic heterocycles. The second kappa shape index (κ2) is 9.61. The van der Waals surface area contributed by atoms with E-state index >= 15 is 0 Å². The Bertz CT molecular complexity index is 942. The Morgan fingerprint density at radius 2 is 1.82 bits per heavy atom. The first kappa shape index (κ1) is 21.8. The summed E-state index contributed by atoms with van der Waals surface area (Å²) in [6, 6.07) is 10.5. The Hall–Kier alpha value is -2.51. The zero-order valence-corrected chi connectivity index (χ0v) is 17.3. The molecular weight excluding hydrogens is 402 g/mol. The first-order valence-electron chi connectivity index (χ1n) is 8.68. The number of ether oxygens (including phenoxy) is 2. The molecule has 0 amide bonds. The minimum absolute atomic E-state index is 0.0133. The molecular formula is C20H22ClNO5S. The van der Waals surface area contributed by atoms with Gasteiger partial charge in [-0.15, -0.1) is 6.58 Å². The molecule has 2 aromatic rings. The first-order chi connectivity index (χ1) is 13.3.